The van der Waals surface area contributed by atoms with Crippen molar-refractivity contribution in [2.24, 2.45) is 0 Å². The van der Waals surface area contributed by atoms with Crippen LogP contribution in [0.25, 0.3) is 10.2 Å². The van der Waals surface area contributed by atoms with Gasteiger partial charge in [0.25, 0.3) is 5.91 Å². The molecule has 0 aliphatic carbocycles. The Hall–Kier alpha value is -2.47. The lowest BCUT2D eigenvalue weighted by Crippen LogP contribution is -2.49. The van der Waals surface area contributed by atoms with Crippen LogP contribution < -0.4 is 4.90 Å². The third kappa shape index (κ3) is 3.30. The number of fused-ring (bicyclic) bond motifs is 1. The lowest BCUT2D eigenvalue weighted by Gasteiger charge is -2.36. The molecule has 0 bridgehead atoms. The summed E-state index contributed by atoms with van der Waals surface area (Å²) in [5.74, 6) is 1.93. The topological polar surface area (TPSA) is 49.3 Å². The summed E-state index contributed by atoms with van der Waals surface area (Å²) >= 11 is 1.73. The first kappa shape index (κ1) is 17.9. The summed E-state index contributed by atoms with van der Waals surface area (Å²) in [6.07, 6.45) is 0. The largest absolute Gasteiger partial charge is 0.352 e. The number of nitrogens with zero attached hydrogens (tertiary/aromatic N) is 4. The van der Waals surface area contributed by atoms with E-state index in [2.05, 4.69) is 23.7 Å². The number of piperazine rings is 1. The molecule has 1 aromatic carbocycles. The molecular formula is C21H24N4OS. The number of thiophene rings is 1. The molecule has 1 aliphatic heterocycles. The summed E-state index contributed by atoms with van der Waals surface area (Å²) in [4.78, 5) is 28.7. The lowest BCUT2D eigenvalue weighted by atomic mass is 10.1. The van der Waals surface area contributed by atoms with Crippen LogP contribution in [-0.4, -0.2) is 47.0 Å². The normalized spacial score (nSPS) is 14.8. The van der Waals surface area contributed by atoms with Gasteiger partial charge in [0.1, 0.15) is 16.5 Å². The molecule has 0 unspecified atom stereocenters. The number of carbonyl (C=O) groups is 1. The molecule has 1 aliphatic rings. The standard InChI is InChI=1S/C21H24N4OS/c1-13-5-7-17(8-6-13)21(26)25-11-9-24(10-12-25)19-18-14(2)15(3)27-20(18)23-16(4)22-19/h5-8H,9-12H2,1-4H3. The lowest BCUT2D eigenvalue weighted by molar-refractivity contribution is 0.0746. The Balaban J connectivity index is 1.55. The quantitative estimate of drug-likeness (QED) is 0.677. The predicted molar refractivity (Wildman–Crippen MR) is 111 cm³/mol. The van der Waals surface area contributed by atoms with Gasteiger partial charge in [-0.1, -0.05) is 17.7 Å². The van der Waals surface area contributed by atoms with Crippen molar-refractivity contribution in [3.8, 4) is 0 Å². The SMILES string of the molecule is Cc1ccc(C(=O)N2CCN(c3nc(C)nc4sc(C)c(C)c34)CC2)cc1. The molecule has 1 amide bonds. The molecule has 0 N–H and O–H groups in total. The minimum atomic E-state index is 0.112. The van der Waals surface area contributed by atoms with Crippen LogP contribution in [0.4, 0.5) is 5.82 Å². The van der Waals surface area contributed by atoms with Gasteiger partial charge in [0.15, 0.2) is 0 Å². The van der Waals surface area contributed by atoms with Crippen LogP contribution in [0.3, 0.4) is 0 Å². The zero-order valence-electron chi connectivity index (χ0n) is 16.2. The average molecular weight is 381 g/mol. The zero-order chi connectivity index (χ0) is 19.1. The highest BCUT2D eigenvalue weighted by atomic mass is 32.1. The first-order chi connectivity index (χ1) is 12.9. The third-order valence-corrected chi connectivity index (χ3v) is 6.39. The number of hydrogen-bond acceptors (Lipinski definition) is 5. The monoisotopic (exact) mass is 380 g/mol. The first-order valence-electron chi connectivity index (χ1n) is 9.29. The molecular weight excluding hydrogens is 356 g/mol. The summed E-state index contributed by atoms with van der Waals surface area (Å²) in [7, 11) is 0. The number of amides is 1. The first-order valence-corrected chi connectivity index (χ1v) is 10.1. The molecule has 6 heteroatoms. The molecule has 27 heavy (non-hydrogen) atoms. The maximum absolute atomic E-state index is 12.8. The number of aryl methyl sites for hydroxylation is 4. The predicted octanol–water partition coefficient (Wildman–Crippen LogP) is 3.89. The van der Waals surface area contributed by atoms with Gasteiger partial charge in [0.05, 0.1) is 5.39 Å². The molecule has 4 rings (SSSR count). The summed E-state index contributed by atoms with van der Waals surface area (Å²) < 4.78 is 0. The van der Waals surface area contributed by atoms with Crippen LogP contribution >= 0.6 is 11.3 Å². The highest BCUT2D eigenvalue weighted by molar-refractivity contribution is 7.18. The van der Waals surface area contributed by atoms with Gasteiger partial charge in [-0.25, -0.2) is 9.97 Å². The molecule has 0 atom stereocenters. The highest BCUT2D eigenvalue weighted by Gasteiger charge is 2.25. The highest BCUT2D eigenvalue weighted by Crippen LogP contribution is 2.35. The van der Waals surface area contributed by atoms with Gasteiger partial charge in [0.2, 0.25) is 0 Å². The molecule has 1 saturated heterocycles. The fraction of sp³-hybridized carbons (Fsp3) is 0.381. The summed E-state index contributed by atoms with van der Waals surface area (Å²) in [5, 5.41) is 1.17. The van der Waals surface area contributed by atoms with Gasteiger partial charge in [-0.2, -0.15) is 0 Å². The van der Waals surface area contributed by atoms with Crippen LogP contribution in [0.1, 0.15) is 32.2 Å². The average Bonchev–Trinajstić information content (AvgIpc) is 2.95. The van der Waals surface area contributed by atoms with Crippen molar-refractivity contribution < 1.29 is 4.79 Å². The van der Waals surface area contributed by atoms with Crippen LogP contribution in [0.5, 0.6) is 0 Å². The van der Waals surface area contributed by atoms with Gasteiger partial charge in [-0.3, -0.25) is 4.79 Å². The number of benzene rings is 1. The summed E-state index contributed by atoms with van der Waals surface area (Å²) in [6.45, 7) is 11.3. The molecule has 5 nitrogen and oxygen atoms in total. The van der Waals surface area contributed by atoms with Crippen LogP contribution in [0, 0.1) is 27.7 Å². The molecule has 1 fully saturated rings. The van der Waals surface area contributed by atoms with Crippen molar-refractivity contribution >= 4 is 33.3 Å². The van der Waals surface area contributed by atoms with Gasteiger partial charge < -0.3 is 9.80 Å². The number of anilines is 1. The van der Waals surface area contributed by atoms with E-state index in [1.807, 2.05) is 43.0 Å². The Labute approximate surface area is 163 Å². The molecule has 2 aromatic heterocycles. The van der Waals surface area contributed by atoms with Gasteiger partial charge in [-0.15, -0.1) is 11.3 Å². The number of carbonyl (C=O) groups excluding carboxylic acids is 1. The van der Waals surface area contributed by atoms with Gasteiger partial charge >= 0.3 is 0 Å². The molecule has 0 spiro atoms. The maximum Gasteiger partial charge on any atom is 0.253 e. The Kier molecular flexibility index (Phi) is 4.60. The van der Waals surface area contributed by atoms with E-state index in [4.69, 9.17) is 4.98 Å². The van der Waals surface area contributed by atoms with Crippen molar-refractivity contribution in [1.29, 1.82) is 0 Å². The van der Waals surface area contributed by atoms with Gasteiger partial charge in [-0.05, 0) is 45.4 Å². The van der Waals surface area contributed by atoms with E-state index >= 15 is 0 Å². The number of rotatable bonds is 2. The van der Waals surface area contributed by atoms with E-state index in [1.165, 1.54) is 21.4 Å². The van der Waals surface area contributed by atoms with Crippen molar-refractivity contribution in [3.05, 3.63) is 51.7 Å². The van der Waals surface area contributed by atoms with E-state index in [-0.39, 0.29) is 5.91 Å². The fourth-order valence-corrected chi connectivity index (χ4v) is 4.63. The Morgan fingerprint density at radius 2 is 1.63 bits per heavy atom. The smallest absolute Gasteiger partial charge is 0.253 e. The maximum atomic E-state index is 12.8. The van der Waals surface area contributed by atoms with Crippen LogP contribution in [-0.2, 0) is 0 Å². The second-order valence-corrected chi connectivity index (χ2v) is 8.41. The zero-order valence-corrected chi connectivity index (χ0v) is 17.1. The minimum absolute atomic E-state index is 0.112. The molecule has 140 valence electrons. The number of aromatic nitrogens is 2. The number of hydrogen-bond donors (Lipinski definition) is 0. The van der Waals surface area contributed by atoms with E-state index in [0.29, 0.717) is 13.1 Å². The van der Waals surface area contributed by atoms with Crippen molar-refractivity contribution in [2.45, 2.75) is 27.7 Å². The fourth-order valence-electron chi connectivity index (χ4n) is 3.56. The van der Waals surface area contributed by atoms with Crippen molar-refractivity contribution in [1.82, 2.24) is 14.9 Å². The van der Waals surface area contributed by atoms with Crippen molar-refractivity contribution in [3.63, 3.8) is 0 Å². The van der Waals surface area contributed by atoms with Crippen LogP contribution in [0.15, 0.2) is 24.3 Å². The molecule has 0 radical (unpaired) electrons. The summed E-state index contributed by atoms with van der Waals surface area (Å²) in [6, 6.07) is 7.81. The third-order valence-electron chi connectivity index (χ3n) is 5.29. The summed E-state index contributed by atoms with van der Waals surface area (Å²) in [5.41, 5.74) is 3.20. The van der Waals surface area contributed by atoms with Gasteiger partial charge in [0, 0.05) is 36.6 Å². The Bertz CT molecular complexity index is 1000. The van der Waals surface area contributed by atoms with E-state index in [0.717, 1.165) is 35.1 Å². The van der Waals surface area contributed by atoms with Crippen LogP contribution in [0.2, 0.25) is 0 Å². The molecule has 0 saturated carbocycles. The van der Waals surface area contributed by atoms with E-state index in [1.54, 1.807) is 11.3 Å². The van der Waals surface area contributed by atoms with E-state index in [9.17, 15) is 4.79 Å². The van der Waals surface area contributed by atoms with Crippen molar-refractivity contribution in [2.75, 3.05) is 31.1 Å². The second kappa shape index (κ2) is 6.93. The molecule has 3 aromatic rings. The second-order valence-electron chi connectivity index (χ2n) is 7.20. The Morgan fingerprint density at radius 1 is 0.963 bits per heavy atom. The molecule has 3 heterocycles. The van der Waals surface area contributed by atoms with E-state index < -0.39 is 0 Å². The Morgan fingerprint density at radius 3 is 2.30 bits per heavy atom. The minimum Gasteiger partial charge on any atom is -0.352 e.